The third-order valence-electron chi connectivity index (χ3n) is 7.53. The van der Waals surface area contributed by atoms with Gasteiger partial charge in [0.25, 0.3) is 0 Å². The largest absolute Gasteiger partial charge is 0.383 e. The molecule has 5 heteroatoms. The summed E-state index contributed by atoms with van der Waals surface area (Å²) in [5.41, 5.74) is 6.62. The minimum absolute atomic E-state index is 0.0598. The molecule has 5 nitrogen and oxygen atoms in total. The lowest BCUT2D eigenvalue weighted by molar-refractivity contribution is -0.0151. The molecule has 2 aliphatic rings. The molecular formula is C28H37N3O2. The molecular weight excluding hydrogens is 410 g/mol. The van der Waals surface area contributed by atoms with Crippen LogP contribution in [-0.2, 0) is 23.2 Å². The molecule has 0 radical (unpaired) electrons. The average molecular weight is 448 g/mol. The summed E-state index contributed by atoms with van der Waals surface area (Å²) in [5, 5.41) is 10.9. The van der Waals surface area contributed by atoms with Gasteiger partial charge in [-0.05, 0) is 81.7 Å². The first-order valence-electron chi connectivity index (χ1n) is 12.3. The fourth-order valence-electron chi connectivity index (χ4n) is 5.97. The van der Waals surface area contributed by atoms with Crippen LogP contribution in [0.2, 0.25) is 0 Å². The number of fused-ring (bicyclic) bond motifs is 2. The smallest absolute Gasteiger partial charge is 0.141 e. The summed E-state index contributed by atoms with van der Waals surface area (Å²) in [6.45, 7) is 11.0. The quantitative estimate of drug-likeness (QED) is 0.623. The van der Waals surface area contributed by atoms with E-state index in [4.69, 9.17) is 9.72 Å². The molecule has 1 N–H and O–H groups in total. The number of aromatic nitrogens is 2. The van der Waals surface area contributed by atoms with Gasteiger partial charge in [-0.25, -0.2) is 4.98 Å². The van der Waals surface area contributed by atoms with E-state index in [0.717, 1.165) is 42.9 Å². The fourth-order valence-corrected chi connectivity index (χ4v) is 5.97. The standard InChI is InChI=1S/C28H37N3O2/c1-18-6-8-21-14-20(15-22(21)12-18)16-30-11-10-25(26(17-30)33-5)31-24-9-7-19(2)13-23(24)29-27(31)28(3,4)32/h6-9,12-13,20,25-26,32H,10-11,14-17H2,1-5H3/t20?,25-,26+/m1/s1. The zero-order valence-corrected chi connectivity index (χ0v) is 20.6. The number of hydrogen-bond acceptors (Lipinski definition) is 4. The SMILES string of the molecule is CO[C@H]1CN(CC2Cc3ccc(C)cc3C2)CC[C@H]1n1c(C(C)(C)O)nc2cc(C)ccc21. The summed E-state index contributed by atoms with van der Waals surface area (Å²) in [6, 6.07) is 13.5. The molecule has 0 amide bonds. The Morgan fingerprint density at radius 1 is 1.06 bits per heavy atom. The first-order chi connectivity index (χ1) is 15.7. The lowest BCUT2D eigenvalue weighted by Gasteiger charge is -2.40. The maximum atomic E-state index is 10.9. The Hall–Kier alpha value is -2.21. The van der Waals surface area contributed by atoms with E-state index in [1.807, 2.05) is 21.0 Å². The van der Waals surface area contributed by atoms with Gasteiger partial charge in [0.15, 0.2) is 0 Å². The highest BCUT2D eigenvalue weighted by Gasteiger charge is 2.37. The number of ether oxygens (including phenoxy) is 1. The lowest BCUT2D eigenvalue weighted by atomic mass is 9.97. The van der Waals surface area contributed by atoms with Gasteiger partial charge in [0, 0.05) is 26.7 Å². The Morgan fingerprint density at radius 3 is 2.55 bits per heavy atom. The Kier molecular flexibility index (Phi) is 5.84. The molecule has 1 aliphatic heterocycles. The lowest BCUT2D eigenvalue weighted by Crippen LogP contribution is -2.47. The van der Waals surface area contributed by atoms with E-state index in [1.165, 1.54) is 35.1 Å². The summed E-state index contributed by atoms with van der Waals surface area (Å²) in [6.07, 6.45) is 3.41. The molecule has 3 aromatic rings. The zero-order chi connectivity index (χ0) is 23.3. The van der Waals surface area contributed by atoms with E-state index in [9.17, 15) is 5.11 Å². The van der Waals surface area contributed by atoms with Crippen molar-refractivity contribution in [3.63, 3.8) is 0 Å². The van der Waals surface area contributed by atoms with Gasteiger partial charge in [-0.1, -0.05) is 29.8 Å². The van der Waals surface area contributed by atoms with E-state index in [0.29, 0.717) is 5.92 Å². The van der Waals surface area contributed by atoms with Crippen molar-refractivity contribution in [2.24, 2.45) is 5.92 Å². The molecule has 176 valence electrons. The number of imidazole rings is 1. The maximum Gasteiger partial charge on any atom is 0.141 e. The maximum absolute atomic E-state index is 10.9. The molecule has 33 heavy (non-hydrogen) atoms. The second kappa shape index (κ2) is 8.53. The molecule has 0 spiro atoms. The molecule has 1 aliphatic carbocycles. The van der Waals surface area contributed by atoms with Crippen molar-refractivity contribution in [2.45, 2.75) is 64.7 Å². The van der Waals surface area contributed by atoms with Crippen LogP contribution in [-0.4, -0.2) is 52.4 Å². The van der Waals surface area contributed by atoms with Gasteiger partial charge < -0.3 is 19.3 Å². The number of nitrogens with zero attached hydrogens (tertiary/aromatic N) is 3. The van der Waals surface area contributed by atoms with Crippen molar-refractivity contribution in [1.29, 1.82) is 0 Å². The fraction of sp³-hybridized carbons (Fsp3) is 0.536. The third kappa shape index (κ3) is 4.34. The monoisotopic (exact) mass is 447 g/mol. The van der Waals surface area contributed by atoms with Crippen molar-refractivity contribution in [1.82, 2.24) is 14.5 Å². The number of likely N-dealkylation sites (tertiary alicyclic amines) is 1. The summed E-state index contributed by atoms with van der Waals surface area (Å²) < 4.78 is 8.33. The van der Waals surface area contributed by atoms with Crippen molar-refractivity contribution < 1.29 is 9.84 Å². The Bertz CT molecular complexity index is 1160. The molecule has 3 atom stereocenters. The van der Waals surface area contributed by atoms with Gasteiger partial charge in [0.1, 0.15) is 11.4 Å². The van der Waals surface area contributed by atoms with Gasteiger partial charge in [0.05, 0.1) is 23.2 Å². The predicted molar refractivity (Wildman–Crippen MR) is 133 cm³/mol. The van der Waals surface area contributed by atoms with Crippen LogP contribution in [0.5, 0.6) is 0 Å². The van der Waals surface area contributed by atoms with E-state index >= 15 is 0 Å². The van der Waals surface area contributed by atoms with Crippen LogP contribution in [0, 0.1) is 19.8 Å². The van der Waals surface area contributed by atoms with E-state index in [-0.39, 0.29) is 12.1 Å². The minimum Gasteiger partial charge on any atom is -0.383 e. The molecule has 0 bridgehead atoms. The summed E-state index contributed by atoms with van der Waals surface area (Å²) in [4.78, 5) is 7.45. The molecule has 1 fully saturated rings. The molecule has 1 aromatic heterocycles. The number of methoxy groups -OCH3 is 1. The first kappa shape index (κ1) is 22.6. The predicted octanol–water partition coefficient (Wildman–Crippen LogP) is 4.56. The van der Waals surface area contributed by atoms with E-state index in [1.54, 1.807) is 0 Å². The highest BCUT2D eigenvalue weighted by Crippen LogP contribution is 2.35. The van der Waals surface area contributed by atoms with E-state index in [2.05, 4.69) is 59.7 Å². The van der Waals surface area contributed by atoms with Crippen LogP contribution in [0.1, 0.15) is 54.4 Å². The van der Waals surface area contributed by atoms with Crippen LogP contribution < -0.4 is 0 Å². The molecule has 1 saturated heterocycles. The van der Waals surface area contributed by atoms with Gasteiger partial charge in [0.2, 0.25) is 0 Å². The Labute approximate surface area is 197 Å². The van der Waals surface area contributed by atoms with Crippen molar-refractivity contribution >= 4 is 11.0 Å². The third-order valence-corrected chi connectivity index (χ3v) is 7.53. The second-order valence-electron chi connectivity index (χ2n) is 10.8. The van der Waals surface area contributed by atoms with E-state index < -0.39 is 5.60 Å². The summed E-state index contributed by atoms with van der Waals surface area (Å²) in [7, 11) is 1.82. The van der Waals surface area contributed by atoms with Crippen molar-refractivity contribution in [3.8, 4) is 0 Å². The number of piperidine rings is 1. The Morgan fingerprint density at radius 2 is 1.79 bits per heavy atom. The highest BCUT2D eigenvalue weighted by atomic mass is 16.5. The van der Waals surface area contributed by atoms with Gasteiger partial charge in [-0.3, -0.25) is 0 Å². The molecule has 1 unspecified atom stereocenters. The Balaban J connectivity index is 1.36. The van der Waals surface area contributed by atoms with Crippen LogP contribution in [0.15, 0.2) is 36.4 Å². The van der Waals surface area contributed by atoms with Crippen LogP contribution in [0.25, 0.3) is 11.0 Å². The van der Waals surface area contributed by atoms with Gasteiger partial charge in [-0.15, -0.1) is 0 Å². The molecule has 2 heterocycles. The van der Waals surface area contributed by atoms with Crippen LogP contribution in [0.4, 0.5) is 0 Å². The topological polar surface area (TPSA) is 50.5 Å². The second-order valence-corrected chi connectivity index (χ2v) is 10.8. The average Bonchev–Trinajstić information content (AvgIpc) is 3.33. The van der Waals surface area contributed by atoms with Crippen LogP contribution >= 0.6 is 0 Å². The normalized spacial score (nSPS) is 23.9. The number of aliphatic hydroxyl groups is 1. The van der Waals surface area contributed by atoms with Crippen LogP contribution in [0.3, 0.4) is 0 Å². The van der Waals surface area contributed by atoms with Gasteiger partial charge in [-0.2, -0.15) is 0 Å². The number of rotatable bonds is 5. The molecule has 5 rings (SSSR count). The summed E-state index contributed by atoms with van der Waals surface area (Å²) >= 11 is 0. The molecule has 2 aromatic carbocycles. The minimum atomic E-state index is -1.02. The molecule has 0 saturated carbocycles. The zero-order valence-electron chi connectivity index (χ0n) is 20.6. The summed E-state index contributed by atoms with van der Waals surface area (Å²) in [5.74, 6) is 1.41. The van der Waals surface area contributed by atoms with Crippen molar-refractivity contribution in [2.75, 3.05) is 26.7 Å². The number of hydrogen-bond donors (Lipinski definition) is 1. The van der Waals surface area contributed by atoms with Crippen molar-refractivity contribution in [3.05, 3.63) is 64.5 Å². The highest BCUT2D eigenvalue weighted by molar-refractivity contribution is 5.77. The first-order valence-corrected chi connectivity index (χ1v) is 12.3. The van der Waals surface area contributed by atoms with Gasteiger partial charge >= 0.3 is 0 Å². The number of benzene rings is 2. The number of aryl methyl sites for hydroxylation is 2.